The summed E-state index contributed by atoms with van der Waals surface area (Å²) in [6.07, 6.45) is 4.53. The summed E-state index contributed by atoms with van der Waals surface area (Å²) in [6.45, 7) is 3.70. The minimum atomic E-state index is -3.50. The summed E-state index contributed by atoms with van der Waals surface area (Å²) in [5.74, 6) is 0.360. The second-order valence-electron chi connectivity index (χ2n) is 6.23. The number of benzene rings is 1. The van der Waals surface area contributed by atoms with E-state index in [9.17, 15) is 8.42 Å². The van der Waals surface area contributed by atoms with Crippen LogP contribution in [-0.4, -0.2) is 37.3 Å². The Morgan fingerprint density at radius 3 is 2.96 bits per heavy atom. The normalized spacial score (nSPS) is 20.0. The molecule has 1 aromatic carbocycles. The lowest BCUT2D eigenvalue weighted by Gasteiger charge is -2.32. The fourth-order valence-corrected chi connectivity index (χ4v) is 5.11. The van der Waals surface area contributed by atoms with Crippen LogP contribution in [0.25, 0.3) is 10.9 Å². The number of nitrogens with zero attached hydrogens (tertiary/aromatic N) is 2. The largest absolute Gasteiger partial charge is 0.330 e. The number of hydrogen-bond acceptors (Lipinski definition) is 4. The van der Waals surface area contributed by atoms with E-state index in [0.29, 0.717) is 35.8 Å². The Labute approximate surface area is 137 Å². The van der Waals surface area contributed by atoms with Crippen LogP contribution >= 0.6 is 0 Å². The average Bonchev–Trinajstić information content (AvgIpc) is 2.56. The first-order valence-corrected chi connectivity index (χ1v) is 9.52. The quantitative estimate of drug-likeness (QED) is 0.931. The summed E-state index contributed by atoms with van der Waals surface area (Å²) in [6, 6.07) is 7.17. The molecule has 0 bridgehead atoms. The molecule has 1 saturated heterocycles. The van der Waals surface area contributed by atoms with E-state index >= 15 is 0 Å². The van der Waals surface area contributed by atoms with E-state index < -0.39 is 10.0 Å². The molecule has 124 valence electrons. The van der Waals surface area contributed by atoms with Gasteiger partial charge in [-0.15, -0.1) is 0 Å². The van der Waals surface area contributed by atoms with Gasteiger partial charge >= 0.3 is 0 Å². The van der Waals surface area contributed by atoms with E-state index in [-0.39, 0.29) is 0 Å². The topological polar surface area (TPSA) is 76.3 Å². The molecule has 0 radical (unpaired) electrons. The van der Waals surface area contributed by atoms with Crippen molar-refractivity contribution in [1.29, 1.82) is 0 Å². The molecule has 23 heavy (non-hydrogen) atoms. The number of pyridine rings is 1. The van der Waals surface area contributed by atoms with Gasteiger partial charge in [0.15, 0.2) is 0 Å². The molecule has 1 unspecified atom stereocenters. The fraction of sp³-hybridized carbons (Fsp3) is 0.471. The minimum absolute atomic E-state index is 0.360. The molecule has 0 amide bonds. The lowest BCUT2D eigenvalue weighted by molar-refractivity contribution is 0.258. The molecule has 0 saturated carbocycles. The van der Waals surface area contributed by atoms with Gasteiger partial charge in [-0.25, -0.2) is 8.42 Å². The Balaban J connectivity index is 2.02. The molecule has 1 atom stereocenters. The molecule has 6 heteroatoms. The summed E-state index contributed by atoms with van der Waals surface area (Å²) in [4.78, 5) is 4.71. The standard InChI is InChI=1S/C17H23N3O2S/c1-13-6-7-16(15-5-2-10-19-17(13)15)23(21,22)20-11-3-4-14(12-20)8-9-18/h2,5-7,10,14H,3-4,8-9,11-12,18H2,1H3. The first kappa shape index (κ1) is 16.4. The van der Waals surface area contributed by atoms with E-state index in [0.717, 1.165) is 30.3 Å². The fourth-order valence-electron chi connectivity index (χ4n) is 3.37. The predicted octanol–water partition coefficient (Wildman–Crippen LogP) is 2.29. The number of nitrogens with two attached hydrogens (primary N) is 1. The molecule has 1 fully saturated rings. The van der Waals surface area contributed by atoms with E-state index in [1.165, 1.54) is 0 Å². The van der Waals surface area contributed by atoms with Gasteiger partial charge in [-0.1, -0.05) is 6.07 Å². The van der Waals surface area contributed by atoms with Gasteiger partial charge in [0, 0.05) is 24.7 Å². The van der Waals surface area contributed by atoms with Gasteiger partial charge in [0.25, 0.3) is 0 Å². The molecule has 1 aromatic heterocycles. The van der Waals surface area contributed by atoms with Crippen molar-refractivity contribution >= 4 is 20.9 Å². The Morgan fingerprint density at radius 2 is 2.17 bits per heavy atom. The summed E-state index contributed by atoms with van der Waals surface area (Å²) < 4.78 is 27.9. The minimum Gasteiger partial charge on any atom is -0.330 e. The molecule has 2 aromatic rings. The summed E-state index contributed by atoms with van der Waals surface area (Å²) in [5, 5.41) is 0.702. The van der Waals surface area contributed by atoms with Crippen molar-refractivity contribution in [2.75, 3.05) is 19.6 Å². The maximum atomic E-state index is 13.1. The van der Waals surface area contributed by atoms with Gasteiger partial charge in [-0.05, 0) is 62.4 Å². The van der Waals surface area contributed by atoms with Crippen molar-refractivity contribution in [1.82, 2.24) is 9.29 Å². The lowest BCUT2D eigenvalue weighted by Crippen LogP contribution is -2.40. The predicted molar refractivity (Wildman–Crippen MR) is 91.6 cm³/mol. The first-order chi connectivity index (χ1) is 11.0. The van der Waals surface area contributed by atoms with Crippen molar-refractivity contribution in [3.05, 3.63) is 36.0 Å². The van der Waals surface area contributed by atoms with Crippen LogP contribution in [0.15, 0.2) is 35.4 Å². The van der Waals surface area contributed by atoms with Gasteiger partial charge in [0.05, 0.1) is 10.4 Å². The molecular weight excluding hydrogens is 310 g/mol. The first-order valence-electron chi connectivity index (χ1n) is 8.08. The van der Waals surface area contributed by atoms with Crippen molar-refractivity contribution < 1.29 is 8.42 Å². The lowest BCUT2D eigenvalue weighted by atomic mass is 9.96. The van der Waals surface area contributed by atoms with Crippen LogP contribution in [0.3, 0.4) is 0 Å². The molecule has 1 aliphatic rings. The SMILES string of the molecule is Cc1ccc(S(=O)(=O)N2CCCC(CCN)C2)c2cccnc12. The Bertz CT molecular complexity index is 803. The molecule has 3 rings (SSSR count). The van der Waals surface area contributed by atoms with Gasteiger partial charge in [-0.2, -0.15) is 4.31 Å². The Kier molecular flexibility index (Phi) is 4.66. The van der Waals surface area contributed by atoms with Crippen LogP contribution < -0.4 is 5.73 Å². The molecular formula is C17H23N3O2S. The highest BCUT2D eigenvalue weighted by atomic mass is 32.2. The summed E-state index contributed by atoms with van der Waals surface area (Å²) in [5.41, 5.74) is 7.38. The average molecular weight is 333 g/mol. The van der Waals surface area contributed by atoms with Crippen LogP contribution in [0.4, 0.5) is 0 Å². The van der Waals surface area contributed by atoms with Gasteiger partial charge in [0.1, 0.15) is 0 Å². The van der Waals surface area contributed by atoms with E-state index in [1.54, 1.807) is 22.6 Å². The zero-order valence-electron chi connectivity index (χ0n) is 13.4. The van der Waals surface area contributed by atoms with Crippen molar-refractivity contribution in [2.45, 2.75) is 31.1 Å². The third kappa shape index (κ3) is 3.11. The Hall–Kier alpha value is -1.50. The van der Waals surface area contributed by atoms with E-state index in [1.807, 2.05) is 19.1 Å². The summed E-state index contributed by atoms with van der Waals surface area (Å²) in [7, 11) is -3.50. The molecule has 5 nitrogen and oxygen atoms in total. The van der Waals surface area contributed by atoms with Gasteiger partial charge in [-0.3, -0.25) is 4.98 Å². The number of sulfonamides is 1. The molecule has 2 N–H and O–H groups in total. The van der Waals surface area contributed by atoms with Crippen molar-refractivity contribution in [2.24, 2.45) is 11.7 Å². The zero-order chi connectivity index (χ0) is 16.4. The maximum Gasteiger partial charge on any atom is 0.243 e. The molecule has 0 spiro atoms. The highest BCUT2D eigenvalue weighted by molar-refractivity contribution is 7.89. The second-order valence-corrected chi connectivity index (χ2v) is 8.14. The number of rotatable bonds is 4. The third-order valence-electron chi connectivity index (χ3n) is 4.61. The van der Waals surface area contributed by atoms with Crippen LogP contribution in [0.5, 0.6) is 0 Å². The van der Waals surface area contributed by atoms with Crippen molar-refractivity contribution in [3.8, 4) is 0 Å². The van der Waals surface area contributed by atoms with E-state index in [2.05, 4.69) is 4.98 Å². The summed E-state index contributed by atoms with van der Waals surface area (Å²) >= 11 is 0. The monoisotopic (exact) mass is 333 g/mol. The highest BCUT2D eigenvalue weighted by Gasteiger charge is 2.31. The van der Waals surface area contributed by atoms with Crippen LogP contribution in [0.1, 0.15) is 24.8 Å². The third-order valence-corrected chi connectivity index (χ3v) is 6.53. The number of piperidine rings is 1. The smallest absolute Gasteiger partial charge is 0.243 e. The van der Waals surface area contributed by atoms with Gasteiger partial charge < -0.3 is 5.73 Å². The van der Waals surface area contributed by atoms with Gasteiger partial charge in [0.2, 0.25) is 10.0 Å². The molecule has 0 aliphatic carbocycles. The number of aryl methyl sites for hydroxylation is 1. The maximum absolute atomic E-state index is 13.1. The highest BCUT2D eigenvalue weighted by Crippen LogP contribution is 2.30. The number of aromatic nitrogens is 1. The van der Waals surface area contributed by atoms with Crippen molar-refractivity contribution in [3.63, 3.8) is 0 Å². The zero-order valence-corrected chi connectivity index (χ0v) is 14.2. The van der Waals surface area contributed by atoms with Crippen LogP contribution in [0.2, 0.25) is 0 Å². The van der Waals surface area contributed by atoms with Crippen LogP contribution in [0, 0.1) is 12.8 Å². The van der Waals surface area contributed by atoms with E-state index in [4.69, 9.17) is 5.73 Å². The molecule has 1 aliphatic heterocycles. The number of hydrogen-bond donors (Lipinski definition) is 1. The van der Waals surface area contributed by atoms with Crippen LogP contribution in [-0.2, 0) is 10.0 Å². The second kappa shape index (κ2) is 6.55. The molecule has 2 heterocycles. The Morgan fingerprint density at radius 1 is 1.35 bits per heavy atom. The number of fused-ring (bicyclic) bond motifs is 1.